The maximum Gasteiger partial charge on any atom is 0.123 e. The van der Waals surface area contributed by atoms with Gasteiger partial charge in [0.2, 0.25) is 0 Å². The van der Waals surface area contributed by atoms with Gasteiger partial charge in [0.05, 0.1) is 0 Å². The minimum Gasteiger partial charge on any atom is -0.328 e. The van der Waals surface area contributed by atoms with Gasteiger partial charge in [-0.05, 0) is 69.8 Å². The van der Waals surface area contributed by atoms with Crippen LogP contribution in [0, 0.1) is 11.7 Å². The van der Waals surface area contributed by atoms with Gasteiger partial charge in [0.1, 0.15) is 5.82 Å². The number of hydrogen-bond donors (Lipinski definition) is 1. The highest BCUT2D eigenvalue weighted by Crippen LogP contribution is 2.22. The minimum atomic E-state index is -0.158. The Morgan fingerprint density at radius 2 is 1.79 bits per heavy atom. The quantitative estimate of drug-likeness (QED) is 0.906. The summed E-state index contributed by atoms with van der Waals surface area (Å²) < 4.78 is 12.9. The molecule has 3 heteroatoms. The molecule has 2 N–H and O–H groups in total. The van der Waals surface area contributed by atoms with E-state index in [0.29, 0.717) is 18.0 Å². The van der Waals surface area contributed by atoms with E-state index in [9.17, 15) is 4.39 Å². The molecule has 1 aromatic carbocycles. The summed E-state index contributed by atoms with van der Waals surface area (Å²) in [6, 6.07) is 7.70. The van der Waals surface area contributed by atoms with E-state index < -0.39 is 0 Å². The molecular weight excluding hydrogens is 239 g/mol. The zero-order chi connectivity index (χ0) is 13.8. The van der Waals surface area contributed by atoms with E-state index in [2.05, 4.69) is 18.7 Å². The van der Waals surface area contributed by atoms with Crippen molar-refractivity contribution in [3.63, 3.8) is 0 Å². The molecule has 1 heterocycles. The Kier molecular flexibility index (Phi) is 4.94. The lowest BCUT2D eigenvalue weighted by Gasteiger charge is -2.37. The summed E-state index contributed by atoms with van der Waals surface area (Å²) in [5, 5.41) is 0. The molecule has 1 saturated heterocycles. The van der Waals surface area contributed by atoms with Gasteiger partial charge >= 0.3 is 0 Å². The van der Waals surface area contributed by atoms with E-state index in [4.69, 9.17) is 5.73 Å². The van der Waals surface area contributed by atoms with Crippen molar-refractivity contribution in [2.24, 2.45) is 11.7 Å². The van der Waals surface area contributed by atoms with Crippen molar-refractivity contribution in [3.8, 4) is 0 Å². The van der Waals surface area contributed by atoms with E-state index in [1.807, 2.05) is 12.1 Å². The molecular formula is C16H25FN2. The fourth-order valence-corrected chi connectivity index (χ4v) is 2.98. The summed E-state index contributed by atoms with van der Waals surface area (Å²) in [6.45, 7) is 6.64. The molecule has 2 atom stereocenters. The number of piperidine rings is 1. The monoisotopic (exact) mass is 264 g/mol. The predicted octanol–water partition coefficient (Wildman–Crippen LogP) is 2.82. The lowest BCUT2D eigenvalue weighted by atomic mass is 9.90. The van der Waals surface area contributed by atoms with Crippen LogP contribution in [0.3, 0.4) is 0 Å². The van der Waals surface area contributed by atoms with Crippen LogP contribution in [-0.2, 0) is 6.42 Å². The molecule has 0 bridgehead atoms. The van der Waals surface area contributed by atoms with Crippen LogP contribution in [0.15, 0.2) is 24.3 Å². The summed E-state index contributed by atoms with van der Waals surface area (Å²) in [7, 11) is 0. The van der Waals surface area contributed by atoms with Gasteiger partial charge in [0.15, 0.2) is 0 Å². The van der Waals surface area contributed by atoms with Crippen molar-refractivity contribution in [1.29, 1.82) is 0 Å². The lowest BCUT2D eigenvalue weighted by Crippen LogP contribution is -2.44. The van der Waals surface area contributed by atoms with Crippen molar-refractivity contribution >= 4 is 0 Å². The largest absolute Gasteiger partial charge is 0.328 e. The van der Waals surface area contributed by atoms with E-state index in [-0.39, 0.29) is 5.82 Å². The van der Waals surface area contributed by atoms with Crippen molar-refractivity contribution in [1.82, 2.24) is 4.90 Å². The van der Waals surface area contributed by atoms with Gasteiger partial charge in [0.25, 0.3) is 0 Å². The van der Waals surface area contributed by atoms with E-state index in [1.165, 1.54) is 18.4 Å². The molecule has 106 valence electrons. The van der Waals surface area contributed by atoms with Crippen LogP contribution >= 0.6 is 0 Å². The second-order valence-corrected chi connectivity index (χ2v) is 5.91. The number of rotatable bonds is 4. The zero-order valence-corrected chi connectivity index (χ0v) is 12.0. The molecule has 0 radical (unpaired) electrons. The maximum atomic E-state index is 12.9. The van der Waals surface area contributed by atoms with Crippen molar-refractivity contribution in [2.45, 2.75) is 45.2 Å². The molecule has 19 heavy (non-hydrogen) atoms. The predicted molar refractivity (Wildman–Crippen MR) is 77.5 cm³/mol. The first-order chi connectivity index (χ1) is 9.06. The molecule has 2 nitrogen and oxygen atoms in total. The fraction of sp³-hybridized carbons (Fsp3) is 0.625. The van der Waals surface area contributed by atoms with Gasteiger partial charge in [-0.1, -0.05) is 12.1 Å². The second kappa shape index (κ2) is 6.49. The van der Waals surface area contributed by atoms with Gasteiger partial charge < -0.3 is 10.6 Å². The first kappa shape index (κ1) is 14.5. The topological polar surface area (TPSA) is 29.3 Å². The fourth-order valence-electron chi connectivity index (χ4n) is 2.98. The molecule has 0 aliphatic carbocycles. The number of benzene rings is 1. The maximum absolute atomic E-state index is 12.9. The number of nitrogens with two attached hydrogens (primary N) is 1. The SMILES string of the molecule is CC(N)C1CCN(C(C)Cc2ccc(F)cc2)CC1. The Hall–Kier alpha value is -0.930. The number of halogens is 1. The second-order valence-electron chi connectivity index (χ2n) is 5.91. The molecule has 0 spiro atoms. The molecule has 2 unspecified atom stereocenters. The van der Waals surface area contributed by atoms with E-state index >= 15 is 0 Å². The first-order valence-corrected chi connectivity index (χ1v) is 7.30. The Labute approximate surface area is 115 Å². The molecule has 0 saturated carbocycles. The van der Waals surface area contributed by atoms with Crippen LogP contribution in [0.4, 0.5) is 4.39 Å². The third kappa shape index (κ3) is 4.02. The van der Waals surface area contributed by atoms with Crippen LogP contribution in [-0.4, -0.2) is 30.1 Å². The Balaban J connectivity index is 1.84. The molecule has 1 fully saturated rings. The highest BCUT2D eigenvalue weighted by Gasteiger charge is 2.24. The zero-order valence-electron chi connectivity index (χ0n) is 12.0. The van der Waals surface area contributed by atoms with E-state index in [1.54, 1.807) is 12.1 Å². The third-order valence-corrected chi connectivity index (χ3v) is 4.39. The molecule has 0 aromatic heterocycles. The first-order valence-electron chi connectivity index (χ1n) is 7.30. The summed E-state index contributed by atoms with van der Waals surface area (Å²) in [6.07, 6.45) is 3.39. The standard InChI is InChI=1S/C16H25FN2/c1-12(11-14-3-5-16(17)6-4-14)19-9-7-15(8-10-19)13(2)18/h3-6,12-13,15H,7-11,18H2,1-2H3. The van der Waals surface area contributed by atoms with Gasteiger partial charge in [-0.15, -0.1) is 0 Å². The Bertz CT molecular complexity index is 380. The van der Waals surface area contributed by atoms with Crippen LogP contribution < -0.4 is 5.73 Å². The highest BCUT2D eigenvalue weighted by molar-refractivity contribution is 5.17. The van der Waals surface area contributed by atoms with Gasteiger partial charge in [-0.2, -0.15) is 0 Å². The van der Waals surface area contributed by atoms with Crippen molar-refractivity contribution in [2.75, 3.05) is 13.1 Å². The smallest absolute Gasteiger partial charge is 0.123 e. The number of nitrogens with zero attached hydrogens (tertiary/aromatic N) is 1. The lowest BCUT2D eigenvalue weighted by molar-refractivity contribution is 0.132. The average molecular weight is 264 g/mol. The van der Waals surface area contributed by atoms with Gasteiger partial charge in [-0.3, -0.25) is 0 Å². The molecule has 1 aliphatic rings. The third-order valence-electron chi connectivity index (χ3n) is 4.39. The van der Waals surface area contributed by atoms with Crippen molar-refractivity contribution in [3.05, 3.63) is 35.6 Å². The number of likely N-dealkylation sites (tertiary alicyclic amines) is 1. The van der Waals surface area contributed by atoms with Gasteiger partial charge in [0, 0.05) is 12.1 Å². The molecule has 1 aliphatic heterocycles. The summed E-state index contributed by atoms with van der Waals surface area (Å²) >= 11 is 0. The van der Waals surface area contributed by atoms with Crippen LogP contribution in [0.1, 0.15) is 32.3 Å². The van der Waals surface area contributed by atoms with Crippen LogP contribution in [0.2, 0.25) is 0 Å². The Morgan fingerprint density at radius 1 is 1.21 bits per heavy atom. The Morgan fingerprint density at radius 3 is 2.32 bits per heavy atom. The summed E-state index contributed by atoms with van der Waals surface area (Å²) in [4.78, 5) is 2.53. The molecule has 2 rings (SSSR count). The van der Waals surface area contributed by atoms with Crippen LogP contribution in [0.5, 0.6) is 0 Å². The average Bonchev–Trinajstić information content (AvgIpc) is 2.41. The molecule has 1 aromatic rings. The summed E-state index contributed by atoms with van der Waals surface area (Å²) in [5.74, 6) is 0.517. The normalized spacial score (nSPS) is 21.3. The van der Waals surface area contributed by atoms with Gasteiger partial charge in [-0.25, -0.2) is 4.39 Å². The van der Waals surface area contributed by atoms with Crippen molar-refractivity contribution < 1.29 is 4.39 Å². The summed E-state index contributed by atoms with van der Waals surface area (Å²) in [5.41, 5.74) is 7.18. The van der Waals surface area contributed by atoms with Crippen LogP contribution in [0.25, 0.3) is 0 Å². The minimum absolute atomic E-state index is 0.158. The van der Waals surface area contributed by atoms with E-state index in [0.717, 1.165) is 19.5 Å². The molecule has 0 amide bonds. The highest BCUT2D eigenvalue weighted by atomic mass is 19.1. The number of hydrogen-bond acceptors (Lipinski definition) is 2.